The number of aryl methyl sites for hydroxylation is 1. The van der Waals surface area contributed by atoms with Crippen LogP contribution in [0.4, 0.5) is 0 Å². The van der Waals surface area contributed by atoms with Gasteiger partial charge in [-0.15, -0.1) is 0 Å². The second-order valence-corrected chi connectivity index (χ2v) is 6.38. The molecule has 1 atom stereocenters. The minimum Gasteiger partial charge on any atom is -0.312 e. The van der Waals surface area contributed by atoms with Crippen molar-refractivity contribution in [3.05, 3.63) is 52.5 Å². The molecule has 0 N–H and O–H groups in total. The topological polar surface area (TPSA) is 33.2 Å². The van der Waals surface area contributed by atoms with Gasteiger partial charge in [0.1, 0.15) is 0 Å². The van der Waals surface area contributed by atoms with Gasteiger partial charge in [0.2, 0.25) is 5.91 Å². The highest BCUT2D eigenvalue weighted by molar-refractivity contribution is 5.82. The summed E-state index contributed by atoms with van der Waals surface area (Å²) in [6.45, 7) is 7.33. The number of allylic oxidation sites excluding steroid dienone is 3. The summed E-state index contributed by atoms with van der Waals surface area (Å²) in [6, 6.07) is 2.20. The minimum atomic E-state index is 0.292. The highest BCUT2D eigenvalue weighted by Gasteiger charge is 2.32. The Morgan fingerprint density at radius 2 is 2.14 bits per heavy atom. The van der Waals surface area contributed by atoms with Gasteiger partial charge >= 0.3 is 0 Å². The average molecular weight is 296 g/mol. The van der Waals surface area contributed by atoms with Crippen LogP contribution in [0.2, 0.25) is 0 Å². The van der Waals surface area contributed by atoms with Crippen LogP contribution in [0.3, 0.4) is 0 Å². The van der Waals surface area contributed by atoms with E-state index in [1.807, 2.05) is 17.3 Å². The van der Waals surface area contributed by atoms with Crippen molar-refractivity contribution in [1.82, 2.24) is 9.88 Å². The van der Waals surface area contributed by atoms with Gasteiger partial charge in [-0.3, -0.25) is 9.78 Å². The van der Waals surface area contributed by atoms with Gasteiger partial charge in [-0.2, -0.15) is 0 Å². The van der Waals surface area contributed by atoms with E-state index in [0.29, 0.717) is 18.2 Å². The maximum atomic E-state index is 12.1. The molecular weight excluding hydrogens is 272 g/mol. The summed E-state index contributed by atoms with van der Waals surface area (Å²) in [7, 11) is 0. The molecule has 1 amide bonds. The lowest BCUT2D eigenvalue weighted by atomic mass is 9.93. The predicted molar refractivity (Wildman–Crippen MR) is 88.4 cm³/mol. The second kappa shape index (κ2) is 6.07. The van der Waals surface area contributed by atoms with E-state index in [1.54, 1.807) is 0 Å². The Morgan fingerprint density at radius 3 is 2.86 bits per heavy atom. The molecule has 1 aromatic rings. The number of hydrogen-bond donors (Lipinski definition) is 0. The zero-order valence-corrected chi connectivity index (χ0v) is 13.7. The van der Waals surface area contributed by atoms with Crippen LogP contribution < -0.4 is 0 Å². The van der Waals surface area contributed by atoms with Gasteiger partial charge < -0.3 is 4.90 Å². The van der Waals surface area contributed by atoms with Gasteiger partial charge in [-0.05, 0) is 48.5 Å². The SMILES string of the molecule is CCC1=C2/C(=C\C(C)c3cncc(C)c3)CCN2C(=O)CC1. The Hall–Kier alpha value is -1.90. The smallest absolute Gasteiger partial charge is 0.227 e. The van der Waals surface area contributed by atoms with Crippen molar-refractivity contribution in [1.29, 1.82) is 0 Å². The Bertz CT molecular complexity index is 657. The number of amides is 1. The van der Waals surface area contributed by atoms with Crippen LogP contribution in [-0.2, 0) is 4.79 Å². The van der Waals surface area contributed by atoms with E-state index in [4.69, 9.17) is 0 Å². The van der Waals surface area contributed by atoms with Gasteiger partial charge in [-0.1, -0.05) is 26.0 Å². The molecule has 3 nitrogen and oxygen atoms in total. The Kier molecular flexibility index (Phi) is 4.14. The quantitative estimate of drug-likeness (QED) is 0.841. The third-order valence-electron chi connectivity index (χ3n) is 4.76. The first kappa shape index (κ1) is 15.0. The molecule has 116 valence electrons. The number of carbonyl (C=O) groups excluding carboxylic acids is 1. The number of rotatable bonds is 3. The second-order valence-electron chi connectivity index (χ2n) is 6.38. The summed E-state index contributed by atoms with van der Waals surface area (Å²) in [5, 5.41) is 0. The number of hydrogen-bond acceptors (Lipinski definition) is 2. The van der Waals surface area contributed by atoms with Crippen molar-refractivity contribution in [2.75, 3.05) is 6.54 Å². The molecule has 3 heterocycles. The van der Waals surface area contributed by atoms with E-state index >= 15 is 0 Å². The Morgan fingerprint density at radius 1 is 1.32 bits per heavy atom. The minimum absolute atomic E-state index is 0.292. The molecule has 22 heavy (non-hydrogen) atoms. The molecule has 0 bridgehead atoms. The molecule has 1 fully saturated rings. The van der Waals surface area contributed by atoms with Crippen LogP contribution in [0.15, 0.2) is 41.4 Å². The number of fused-ring (bicyclic) bond motifs is 1. The summed E-state index contributed by atoms with van der Waals surface area (Å²) >= 11 is 0. The van der Waals surface area contributed by atoms with Crippen molar-refractivity contribution in [2.24, 2.45) is 0 Å². The molecule has 1 unspecified atom stereocenters. The van der Waals surface area contributed by atoms with Gasteiger partial charge in [0.25, 0.3) is 0 Å². The van der Waals surface area contributed by atoms with Crippen LogP contribution in [0, 0.1) is 6.92 Å². The van der Waals surface area contributed by atoms with E-state index < -0.39 is 0 Å². The molecule has 0 saturated carbocycles. The van der Waals surface area contributed by atoms with Crippen LogP contribution in [0.25, 0.3) is 0 Å². The molecule has 0 aliphatic carbocycles. The molecule has 3 heteroatoms. The van der Waals surface area contributed by atoms with E-state index in [0.717, 1.165) is 25.8 Å². The normalized spacial score (nSPS) is 21.5. The predicted octanol–water partition coefficient (Wildman–Crippen LogP) is 4.11. The molecule has 2 aliphatic rings. The maximum Gasteiger partial charge on any atom is 0.227 e. The average Bonchev–Trinajstić information content (AvgIpc) is 2.93. The lowest BCUT2D eigenvalue weighted by molar-refractivity contribution is -0.129. The number of nitrogens with zero attached hydrogens (tertiary/aromatic N) is 2. The summed E-state index contributed by atoms with van der Waals surface area (Å²) in [4.78, 5) is 18.4. The van der Waals surface area contributed by atoms with Crippen molar-refractivity contribution in [3.8, 4) is 0 Å². The zero-order valence-electron chi connectivity index (χ0n) is 13.7. The molecule has 1 saturated heterocycles. The lowest BCUT2D eigenvalue weighted by Crippen LogP contribution is -2.30. The Labute approximate surface area is 132 Å². The highest BCUT2D eigenvalue weighted by Crippen LogP contribution is 2.38. The maximum absolute atomic E-state index is 12.1. The lowest BCUT2D eigenvalue weighted by Gasteiger charge is -2.27. The van der Waals surface area contributed by atoms with E-state index in [-0.39, 0.29) is 0 Å². The standard InChI is InChI=1S/C19H24N2O/c1-4-15-5-6-18(22)21-8-7-16(19(15)21)10-14(3)17-9-13(2)11-20-12-17/h9-12,14H,4-8H2,1-3H3/b16-10-. The fraction of sp³-hybridized carbons (Fsp3) is 0.474. The molecule has 0 aromatic carbocycles. The Balaban J connectivity index is 1.94. The van der Waals surface area contributed by atoms with Crippen molar-refractivity contribution >= 4 is 5.91 Å². The third-order valence-corrected chi connectivity index (χ3v) is 4.76. The summed E-state index contributed by atoms with van der Waals surface area (Å²) in [5.41, 5.74) is 6.45. The first-order chi connectivity index (χ1) is 10.6. The van der Waals surface area contributed by atoms with Crippen LogP contribution in [-0.4, -0.2) is 22.3 Å². The van der Waals surface area contributed by atoms with E-state index in [2.05, 4.69) is 37.9 Å². The summed E-state index contributed by atoms with van der Waals surface area (Å²) < 4.78 is 0. The molecule has 0 spiro atoms. The molecule has 1 aromatic heterocycles. The van der Waals surface area contributed by atoms with Crippen LogP contribution >= 0.6 is 0 Å². The van der Waals surface area contributed by atoms with Gasteiger partial charge in [0.15, 0.2) is 0 Å². The van der Waals surface area contributed by atoms with Crippen LogP contribution in [0.5, 0.6) is 0 Å². The fourth-order valence-electron chi connectivity index (χ4n) is 3.55. The monoisotopic (exact) mass is 296 g/mol. The van der Waals surface area contributed by atoms with E-state index in [9.17, 15) is 4.79 Å². The largest absolute Gasteiger partial charge is 0.312 e. The zero-order chi connectivity index (χ0) is 15.7. The van der Waals surface area contributed by atoms with Gasteiger partial charge in [0.05, 0.1) is 0 Å². The molecule has 0 radical (unpaired) electrons. The summed E-state index contributed by atoms with van der Waals surface area (Å²) in [6.07, 6.45) is 9.79. The van der Waals surface area contributed by atoms with Gasteiger partial charge in [0, 0.05) is 37.0 Å². The molecular formula is C19H24N2O. The summed E-state index contributed by atoms with van der Waals surface area (Å²) in [5.74, 6) is 0.616. The van der Waals surface area contributed by atoms with Crippen molar-refractivity contribution in [3.63, 3.8) is 0 Å². The number of aromatic nitrogens is 1. The van der Waals surface area contributed by atoms with Gasteiger partial charge in [-0.25, -0.2) is 0 Å². The van der Waals surface area contributed by atoms with Crippen molar-refractivity contribution in [2.45, 2.75) is 52.4 Å². The fourth-order valence-corrected chi connectivity index (χ4v) is 3.55. The first-order valence-electron chi connectivity index (χ1n) is 8.25. The first-order valence-corrected chi connectivity index (χ1v) is 8.25. The number of pyridine rings is 1. The molecule has 2 aliphatic heterocycles. The van der Waals surface area contributed by atoms with E-state index in [1.165, 1.54) is 28.0 Å². The van der Waals surface area contributed by atoms with Crippen LogP contribution in [0.1, 0.15) is 56.6 Å². The highest BCUT2D eigenvalue weighted by atomic mass is 16.2. The van der Waals surface area contributed by atoms with Crippen molar-refractivity contribution < 1.29 is 4.79 Å². The molecule has 3 rings (SSSR count). The third kappa shape index (κ3) is 2.72. The number of carbonyl (C=O) groups is 1.